The van der Waals surface area contributed by atoms with Crippen molar-refractivity contribution >= 4 is 22.9 Å². The molecule has 1 amide bonds. The number of furan rings is 1. The van der Waals surface area contributed by atoms with Gasteiger partial charge in [-0.15, -0.1) is 0 Å². The number of rotatable bonds is 4. The van der Waals surface area contributed by atoms with Crippen molar-refractivity contribution in [2.75, 3.05) is 5.32 Å². The number of carbonyl (C=O) groups excluding carboxylic acids is 1. The fraction of sp³-hybridized carbons (Fsp3) is 0.0667. The first kappa shape index (κ1) is 15.5. The van der Waals surface area contributed by atoms with E-state index < -0.39 is 17.2 Å². The molecule has 0 aromatic carbocycles. The first-order chi connectivity index (χ1) is 12.6. The molecule has 0 saturated carbocycles. The Labute approximate surface area is 143 Å². The zero-order chi connectivity index (χ0) is 18.1. The molecule has 0 spiro atoms. The predicted molar refractivity (Wildman–Crippen MR) is 88.8 cm³/mol. The fourth-order valence-corrected chi connectivity index (χ4v) is 2.41. The van der Waals surface area contributed by atoms with Crippen molar-refractivity contribution in [3.05, 3.63) is 69.4 Å². The molecule has 4 heterocycles. The van der Waals surface area contributed by atoms with Crippen LogP contribution in [-0.2, 0) is 6.54 Å². The largest absolute Gasteiger partial charge is 0.467 e. The summed E-state index contributed by atoms with van der Waals surface area (Å²) in [6, 6.07) is 3.25. The minimum atomic E-state index is -0.752. The Kier molecular flexibility index (Phi) is 3.65. The lowest BCUT2D eigenvalue weighted by molar-refractivity contribution is 0.102. The van der Waals surface area contributed by atoms with Gasteiger partial charge in [-0.2, -0.15) is 0 Å². The van der Waals surface area contributed by atoms with E-state index in [4.69, 9.17) is 4.42 Å². The van der Waals surface area contributed by atoms with E-state index in [2.05, 4.69) is 30.2 Å². The summed E-state index contributed by atoms with van der Waals surface area (Å²) >= 11 is 0. The Morgan fingerprint density at radius 1 is 1.23 bits per heavy atom. The SMILES string of the molecule is O=C(Nc1ncnc2nc[nH]c12)c1c[nH]c(=O)n(Cc2ccco2)c1=O. The Bertz CT molecular complexity index is 1200. The molecule has 0 fully saturated rings. The van der Waals surface area contributed by atoms with Crippen LogP contribution >= 0.6 is 0 Å². The zero-order valence-electron chi connectivity index (χ0n) is 13.1. The second-order valence-electron chi connectivity index (χ2n) is 5.26. The highest BCUT2D eigenvalue weighted by molar-refractivity contribution is 6.06. The van der Waals surface area contributed by atoms with Gasteiger partial charge < -0.3 is 19.7 Å². The van der Waals surface area contributed by atoms with Crippen LogP contribution in [0.25, 0.3) is 11.2 Å². The average Bonchev–Trinajstić information content (AvgIpc) is 3.30. The molecule has 11 nitrogen and oxygen atoms in total. The second kappa shape index (κ2) is 6.12. The summed E-state index contributed by atoms with van der Waals surface area (Å²) in [4.78, 5) is 54.0. The minimum Gasteiger partial charge on any atom is -0.467 e. The number of fused-ring (bicyclic) bond motifs is 1. The summed E-state index contributed by atoms with van der Waals surface area (Å²) in [6.45, 7) is -0.0966. The lowest BCUT2D eigenvalue weighted by atomic mass is 10.3. The van der Waals surface area contributed by atoms with Crippen molar-refractivity contribution in [3.63, 3.8) is 0 Å². The highest BCUT2D eigenvalue weighted by Gasteiger charge is 2.17. The van der Waals surface area contributed by atoms with Crippen molar-refractivity contribution in [3.8, 4) is 0 Å². The standard InChI is InChI=1S/C15H11N7O4/c23-13(21-12-10-11(18-6-17-10)19-7-20-12)9-4-16-15(25)22(14(9)24)5-8-2-1-3-26-8/h1-4,6-7H,5H2,(H,16,25)(H2,17,18,19,20,21,23). The topological polar surface area (TPSA) is 152 Å². The third-order valence-corrected chi connectivity index (χ3v) is 3.65. The Balaban J connectivity index is 1.69. The van der Waals surface area contributed by atoms with Crippen LogP contribution in [0.5, 0.6) is 0 Å². The van der Waals surface area contributed by atoms with Gasteiger partial charge in [-0.05, 0) is 12.1 Å². The zero-order valence-corrected chi connectivity index (χ0v) is 13.1. The van der Waals surface area contributed by atoms with Crippen molar-refractivity contribution in [2.45, 2.75) is 6.54 Å². The van der Waals surface area contributed by atoms with E-state index in [9.17, 15) is 14.4 Å². The molecule has 0 aliphatic heterocycles. The number of amides is 1. The van der Waals surface area contributed by atoms with Crippen LogP contribution in [0, 0.1) is 0 Å². The Hall–Kier alpha value is -4.02. The smallest absolute Gasteiger partial charge is 0.328 e. The van der Waals surface area contributed by atoms with Crippen molar-refractivity contribution < 1.29 is 9.21 Å². The number of aromatic nitrogens is 6. The van der Waals surface area contributed by atoms with E-state index in [1.54, 1.807) is 12.1 Å². The number of carbonyl (C=O) groups is 1. The average molecular weight is 353 g/mol. The van der Waals surface area contributed by atoms with Gasteiger partial charge in [-0.3, -0.25) is 14.2 Å². The lowest BCUT2D eigenvalue weighted by Crippen LogP contribution is -2.39. The number of hydrogen-bond donors (Lipinski definition) is 3. The highest BCUT2D eigenvalue weighted by Crippen LogP contribution is 2.14. The normalized spacial score (nSPS) is 10.9. The van der Waals surface area contributed by atoms with Crippen LogP contribution in [0.1, 0.15) is 16.1 Å². The molecule has 4 aromatic heterocycles. The molecule has 0 aliphatic rings. The monoisotopic (exact) mass is 353 g/mol. The molecule has 0 aliphatic carbocycles. The van der Waals surface area contributed by atoms with Crippen molar-refractivity contribution in [1.82, 2.24) is 29.5 Å². The van der Waals surface area contributed by atoms with Crippen molar-refractivity contribution in [2.24, 2.45) is 0 Å². The van der Waals surface area contributed by atoms with Gasteiger partial charge in [-0.25, -0.2) is 19.7 Å². The molecule has 0 unspecified atom stereocenters. The molecule has 11 heteroatoms. The number of nitrogens with zero attached hydrogens (tertiary/aromatic N) is 4. The molecule has 4 rings (SSSR count). The summed E-state index contributed by atoms with van der Waals surface area (Å²) in [5.74, 6) is -0.153. The van der Waals surface area contributed by atoms with E-state index in [-0.39, 0.29) is 17.9 Å². The van der Waals surface area contributed by atoms with Crippen LogP contribution in [-0.4, -0.2) is 35.4 Å². The number of aromatic amines is 2. The second-order valence-corrected chi connectivity index (χ2v) is 5.26. The molecule has 0 radical (unpaired) electrons. The third kappa shape index (κ3) is 2.66. The summed E-state index contributed by atoms with van der Waals surface area (Å²) < 4.78 is 6.02. The van der Waals surface area contributed by atoms with Gasteiger partial charge in [0.15, 0.2) is 11.5 Å². The van der Waals surface area contributed by atoms with E-state index in [1.807, 2.05) is 0 Å². The highest BCUT2D eigenvalue weighted by atomic mass is 16.3. The van der Waals surface area contributed by atoms with E-state index in [1.165, 1.54) is 18.9 Å². The first-order valence-electron chi connectivity index (χ1n) is 7.44. The van der Waals surface area contributed by atoms with Crippen LogP contribution in [0.15, 0.2) is 51.3 Å². The van der Waals surface area contributed by atoms with Gasteiger partial charge in [-0.1, -0.05) is 0 Å². The summed E-state index contributed by atoms with van der Waals surface area (Å²) in [7, 11) is 0. The van der Waals surface area contributed by atoms with Crippen molar-refractivity contribution in [1.29, 1.82) is 0 Å². The van der Waals surface area contributed by atoms with Gasteiger partial charge in [0.2, 0.25) is 0 Å². The number of nitrogens with one attached hydrogen (secondary N) is 3. The molecule has 3 N–H and O–H groups in total. The van der Waals surface area contributed by atoms with E-state index >= 15 is 0 Å². The molecular weight excluding hydrogens is 342 g/mol. The molecule has 26 heavy (non-hydrogen) atoms. The number of hydrogen-bond acceptors (Lipinski definition) is 7. The van der Waals surface area contributed by atoms with Crippen LogP contribution in [0.3, 0.4) is 0 Å². The molecule has 0 saturated heterocycles. The maximum atomic E-state index is 12.5. The van der Waals surface area contributed by atoms with Crippen LogP contribution < -0.4 is 16.6 Å². The summed E-state index contributed by atoms with van der Waals surface area (Å²) in [5.41, 5.74) is -0.867. The summed E-state index contributed by atoms with van der Waals surface area (Å²) in [5, 5.41) is 2.51. The van der Waals surface area contributed by atoms with Gasteiger partial charge in [0, 0.05) is 6.20 Å². The van der Waals surface area contributed by atoms with Gasteiger partial charge in [0.25, 0.3) is 11.5 Å². The quantitative estimate of drug-likeness (QED) is 0.470. The molecule has 0 bridgehead atoms. The molecular formula is C15H11N7O4. The number of anilines is 1. The van der Waals surface area contributed by atoms with E-state index in [0.29, 0.717) is 16.9 Å². The van der Waals surface area contributed by atoms with Crippen LogP contribution in [0.4, 0.5) is 5.82 Å². The Morgan fingerprint density at radius 3 is 2.92 bits per heavy atom. The van der Waals surface area contributed by atoms with Crippen LogP contribution in [0.2, 0.25) is 0 Å². The van der Waals surface area contributed by atoms with Gasteiger partial charge in [0.1, 0.15) is 23.2 Å². The predicted octanol–water partition coefficient (Wildman–Crippen LogP) is 0.0965. The number of H-pyrrole nitrogens is 2. The molecule has 0 atom stereocenters. The first-order valence-corrected chi connectivity index (χ1v) is 7.44. The fourth-order valence-electron chi connectivity index (χ4n) is 2.41. The lowest BCUT2D eigenvalue weighted by Gasteiger charge is -2.07. The summed E-state index contributed by atoms with van der Waals surface area (Å²) in [6.07, 6.45) is 5.13. The molecule has 130 valence electrons. The maximum Gasteiger partial charge on any atom is 0.328 e. The van der Waals surface area contributed by atoms with Gasteiger partial charge in [0.05, 0.1) is 19.1 Å². The maximum absolute atomic E-state index is 12.5. The third-order valence-electron chi connectivity index (χ3n) is 3.65. The number of imidazole rings is 1. The minimum absolute atomic E-state index is 0.0966. The Morgan fingerprint density at radius 2 is 2.12 bits per heavy atom. The van der Waals surface area contributed by atoms with Gasteiger partial charge >= 0.3 is 5.69 Å². The molecule has 4 aromatic rings. The van der Waals surface area contributed by atoms with E-state index in [0.717, 1.165) is 10.8 Å².